The molecule has 1 fully saturated rings. The van der Waals surface area contributed by atoms with Crippen molar-refractivity contribution in [3.63, 3.8) is 0 Å². The molecule has 8 heteroatoms. The molecule has 2 amide bonds. The van der Waals surface area contributed by atoms with Crippen molar-refractivity contribution in [3.05, 3.63) is 41.8 Å². The van der Waals surface area contributed by atoms with Crippen LogP contribution in [-0.2, 0) is 20.9 Å². The summed E-state index contributed by atoms with van der Waals surface area (Å²) in [6.07, 6.45) is 3.95. The fourth-order valence-corrected chi connectivity index (χ4v) is 3.34. The summed E-state index contributed by atoms with van der Waals surface area (Å²) >= 11 is 0. The smallest absolute Gasteiger partial charge is 0.246 e. The van der Waals surface area contributed by atoms with Gasteiger partial charge >= 0.3 is 0 Å². The summed E-state index contributed by atoms with van der Waals surface area (Å²) in [4.78, 5) is 26.1. The van der Waals surface area contributed by atoms with E-state index in [-0.39, 0.29) is 31.0 Å². The fraction of sp³-hybridized carbons (Fsp3) is 0.545. The van der Waals surface area contributed by atoms with Crippen molar-refractivity contribution in [1.29, 1.82) is 0 Å². The van der Waals surface area contributed by atoms with Gasteiger partial charge in [-0.25, -0.2) is 0 Å². The number of benzene rings is 1. The number of allylic oxidation sites excluding steroid dienone is 1. The van der Waals surface area contributed by atoms with Gasteiger partial charge in [-0.15, -0.1) is 0 Å². The summed E-state index contributed by atoms with van der Waals surface area (Å²) in [7, 11) is 0. The molecule has 1 aromatic carbocycles. The number of likely N-dealkylation sites (tertiary alicyclic amines) is 1. The van der Waals surface area contributed by atoms with Crippen LogP contribution in [0.15, 0.2) is 36.2 Å². The quantitative estimate of drug-likeness (QED) is 0.407. The topological polar surface area (TPSA) is 103 Å². The summed E-state index contributed by atoms with van der Waals surface area (Å²) in [5.41, 5.74) is 1.63. The number of likely N-dealkylation sites (N-methyl/N-ethyl adjacent to an activating group) is 1. The predicted octanol–water partition coefficient (Wildman–Crippen LogP) is 1.57. The van der Waals surface area contributed by atoms with Crippen molar-refractivity contribution < 1.29 is 19.4 Å². The fourth-order valence-electron chi connectivity index (χ4n) is 3.34. The molecule has 1 aliphatic heterocycles. The number of nitrogens with one attached hydrogen (secondary N) is 3. The molecule has 0 radical (unpaired) electrons. The Morgan fingerprint density at radius 2 is 2.07 bits per heavy atom. The standard InChI is InChI=1S/C22H34N4O4/c1-4-21(26-12-6-7-19(26)14-27)30-15-17-8-10-18(11-9-17)25-22(29)16(3)24-20(28)13-23-5-2/h4,8-11,16,19,23,27H,5-7,12-15H2,1-3H3,(H,24,28)(H,25,29). The van der Waals surface area contributed by atoms with Crippen LogP contribution >= 0.6 is 0 Å². The number of carbonyl (C=O) groups is 2. The van der Waals surface area contributed by atoms with Gasteiger partial charge in [0.05, 0.1) is 19.2 Å². The number of amides is 2. The van der Waals surface area contributed by atoms with E-state index in [2.05, 4.69) is 20.9 Å². The second-order valence-corrected chi connectivity index (χ2v) is 7.34. The summed E-state index contributed by atoms with van der Waals surface area (Å²) in [6.45, 7) is 7.79. The molecule has 1 heterocycles. The monoisotopic (exact) mass is 418 g/mol. The first-order valence-electron chi connectivity index (χ1n) is 10.5. The first-order chi connectivity index (χ1) is 14.5. The van der Waals surface area contributed by atoms with Gasteiger partial charge in [0.25, 0.3) is 0 Å². The van der Waals surface area contributed by atoms with Gasteiger partial charge in [-0.3, -0.25) is 9.59 Å². The lowest BCUT2D eigenvalue weighted by atomic mass is 10.2. The van der Waals surface area contributed by atoms with E-state index in [1.807, 2.05) is 44.2 Å². The van der Waals surface area contributed by atoms with Crippen molar-refractivity contribution in [2.45, 2.75) is 52.3 Å². The van der Waals surface area contributed by atoms with Gasteiger partial charge in [0.15, 0.2) is 5.88 Å². The molecular weight excluding hydrogens is 384 g/mol. The van der Waals surface area contributed by atoms with E-state index in [0.29, 0.717) is 18.8 Å². The molecule has 1 aromatic rings. The average Bonchev–Trinajstić information content (AvgIpc) is 3.22. The predicted molar refractivity (Wildman–Crippen MR) is 117 cm³/mol. The Hall–Kier alpha value is -2.58. The minimum atomic E-state index is -0.628. The first kappa shape index (κ1) is 23.7. The maximum Gasteiger partial charge on any atom is 0.246 e. The number of hydrogen-bond donors (Lipinski definition) is 4. The lowest BCUT2D eigenvalue weighted by molar-refractivity contribution is -0.125. The van der Waals surface area contributed by atoms with Crippen LogP contribution in [0.5, 0.6) is 0 Å². The molecule has 4 N–H and O–H groups in total. The van der Waals surface area contributed by atoms with Crippen LogP contribution in [0.1, 0.15) is 39.2 Å². The third kappa shape index (κ3) is 7.03. The molecule has 2 rings (SSSR count). The highest BCUT2D eigenvalue weighted by Crippen LogP contribution is 2.23. The number of carbonyl (C=O) groups excluding carboxylic acids is 2. The Bertz CT molecular complexity index is 720. The summed E-state index contributed by atoms with van der Waals surface area (Å²) in [6, 6.07) is 6.90. The van der Waals surface area contributed by atoms with E-state index in [0.717, 1.165) is 30.8 Å². The zero-order valence-corrected chi connectivity index (χ0v) is 18.1. The normalized spacial score (nSPS) is 17.5. The Morgan fingerprint density at radius 3 is 2.70 bits per heavy atom. The molecular formula is C22H34N4O4. The van der Waals surface area contributed by atoms with Gasteiger partial charge in [0.2, 0.25) is 11.8 Å². The van der Waals surface area contributed by atoms with Crippen LogP contribution in [0, 0.1) is 0 Å². The molecule has 0 spiro atoms. The highest BCUT2D eigenvalue weighted by Gasteiger charge is 2.26. The van der Waals surface area contributed by atoms with Crippen LogP contribution in [0.4, 0.5) is 5.69 Å². The molecule has 8 nitrogen and oxygen atoms in total. The molecule has 1 saturated heterocycles. The van der Waals surface area contributed by atoms with Gasteiger partial charge in [-0.2, -0.15) is 0 Å². The van der Waals surface area contributed by atoms with Crippen molar-refractivity contribution in [2.24, 2.45) is 0 Å². The molecule has 2 unspecified atom stereocenters. The molecule has 1 aliphatic rings. The van der Waals surface area contributed by atoms with E-state index in [1.54, 1.807) is 6.92 Å². The molecule has 0 aliphatic carbocycles. The molecule has 0 aromatic heterocycles. The summed E-state index contributed by atoms with van der Waals surface area (Å²) in [5.74, 6) is 0.295. The zero-order valence-electron chi connectivity index (χ0n) is 18.1. The molecule has 0 saturated carbocycles. The molecule has 166 valence electrons. The van der Waals surface area contributed by atoms with Crippen LogP contribution in [-0.4, -0.2) is 60.1 Å². The van der Waals surface area contributed by atoms with Gasteiger partial charge in [-0.1, -0.05) is 19.1 Å². The number of rotatable bonds is 11. The number of anilines is 1. The highest BCUT2D eigenvalue weighted by atomic mass is 16.5. The minimum absolute atomic E-state index is 0.119. The van der Waals surface area contributed by atoms with E-state index >= 15 is 0 Å². The lowest BCUT2D eigenvalue weighted by Gasteiger charge is -2.27. The van der Waals surface area contributed by atoms with Gasteiger partial charge in [0.1, 0.15) is 12.6 Å². The zero-order chi connectivity index (χ0) is 21.9. The molecule has 2 atom stereocenters. The Morgan fingerprint density at radius 1 is 1.33 bits per heavy atom. The maximum absolute atomic E-state index is 12.3. The van der Waals surface area contributed by atoms with Crippen LogP contribution in [0.3, 0.4) is 0 Å². The first-order valence-corrected chi connectivity index (χ1v) is 10.5. The Balaban J connectivity index is 1.83. The van der Waals surface area contributed by atoms with Crippen LogP contribution in [0.2, 0.25) is 0 Å². The molecule has 0 bridgehead atoms. The van der Waals surface area contributed by atoms with Crippen molar-refractivity contribution in [3.8, 4) is 0 Å². The van der Waals surface area contributed by atoms with E-state index < -0.39 is 6.04 Å². The van der Waals surface area contributed by atoms with Crippen molar-refractivity contribution in [2.75, 3.05) is 31.6 Å². The van der Waals surface area contributed by atoms with Crippen molar-refractivity contribution in [1.82, 2.24) is 15.5 Å². The number of aliphatic hydroxyl groups is 1. The van der Waals surface area contributed by atoms with E-state index in [9.17, 15) is 14.7 Å². The summed E-state index contributed by atoms with van der Waals surface area (Å²) in [5, 5.41) is 17.9. The average molecular weight is 419 g/mol. The molecule has 30 heavy (non-hydrogen) atoms. The second-order valence-electron chi connectivity index (χ2n) is 7.34. The number of hydrogen-bond acceptors (Lipinski definition) is 6. The second kappa shape index (κ2) is 12.2. The van der Waals surface area contributed by atoms with Crippen LogP contribution < -0.4 is 16.0 Å². The van der Waals surface area contributed by atoms with Crippen molar-refractivity contribution >= 4 is 17.5 Å². The Kier molecular flexibility index (Phi) is 9.63. The Labute approximate surface area is 178 Å². The third-order valence-corrected chi connectivity index (χ3v) is 5.03. The highest BCUT2D eigenvalue weighted by molar-refractivity contribution is 5.97. The largest absolute Gasteiger partial charge is 0.474 e. The van der Waals surface area contributed by atoms with E-state index in [1.165, 1.54) is 0 Å². The lowest BCUT2D eigenvalue weighted by Crippen LogP contribution is -2.45. The summed E-state index contributed by atoms with van der Waals surface area (Å²) < 4.78 is 5.96. The minimum Gasteiger partial charge on any atom is -0.474 e. The third-order valence-electron chi connectivity index (χ3n) is 5.03. The van der Waals surface area contributed by atoms with Crippen LogP contribution in [0.25, 0.3) is 0 Å². The number of aliphatic hydroxyl groups excluding tert-OH is 1. The SMILES string of the molecule is CC=C(OCc1ccc(NC(=O)C(C)NC(=O)CNCC)cc1)N1CCCC1CO. The van der Waals surface area contributed by atoms with Gasteiger partial charge < -0.3 is 30.7 Å². The van der Waals surface area contributed by atoms with E-state index in [4.69, 9.17) is 4.74 Å². The number of ether oxygens (including phenoxy) is 1. The number of nitrogens with zero attached hydrogens (tertiary/aromatic N) is 1. The maximum atomic E-state index is 12.3. The van der Waals surface area contributed by atoms with Gasteiger partial charge in [0, 0.05) is 12.2 Å². The van der Waals surface area contributed by atoms with Gasteiger partial charge in [-0.05, 0) is 57.0 Å².